The van der Waals surface area contributed by atoms with Crippen molar-refractivity contribution in [3.8, 4) is 12.3 Å². The normalized spacial score (nSPS) is 16.1. The predicted octanol–water partition coefficient (Wildman–Crippen LogP) is 2.26. The lowest BCUT2D eigenvalue weighted by Gasteiger charge is -2.11. The van der Waals surface area contributed by atoms with Crippen molar-refractivity contribution in [1.82, 2.24) is 5.32 Å². The maximum absolute atomic E-state index is 7.77. The maximum Gasteiger partial charge on any atom is 0.0626 e. The number of halogens is 1. The van der Waals surface area contributed by atoms with Crippen LogP contribution in [0.3, 0.4) is 0 Å². The Morgan fingerprint density at radius 2 is 2.14 bits per heavy atom. The van der Waals surface area contributed by atoms with E-state index in [0.29, 0.717) is 18.5 Å². The van der Waals surface area contributed by atoms with E-state index in [1.807, 2.05) is 6.92 Å². The molecule has 1 nitrogen and oxygen atoms in total. The second-order valence-corrected chi connectivity index (χ2v) is 2.79. The van der Waals surface area contributed by atoms with Gasteiger partial charge in [-0.15, -0.1) is 18.8 Å². The largest absolute Gasteiger partial charge is 0.303 e. The van der Waals surface area contributed by atoms with E-state index < -0.39 is 0 Å². The molecule has 0 aromatic heterocycles. The van der Waals surface area contributed by atoms with Gasteiger partial charge < -0.3 is 5.32 Å². The molecule has 1 rings (SSSR count). The van der Waals surface area contributed by atoms with Crippen LogP contribution in [0.1, 0.15) is 19.3 Å². The second kappa shape index (κ2) is 7.44. The van der Waals surface area contributed by atoms with Crippen LogP contribution in [-0.2, 0) is 6.42 Å². The van der Waals surface area contributed by atoms with Gasteiger partial charge in [-0.1, -0.05) is 36.1 Å². The summed E-state index contributed by atoms with van der Waals surface area (Å²) in [4.78, 5) is 0. The highest BCUT2D eigenvalue weighted by atomic mass is 35.5. The van der Waals surface area contributed by atoms with Crippen LogP contribution in [-0.4, -0.2) is 12.6 Å². The number of hydrogen-bond donors (Lipinski definition) is 1. The lowest BCUT2D eigenvalue weighted by atomic mass is 10.1. The van der Waals surface area contributed by atoms with Gasteiger partial charge in [0.1, 0.15) is 0 Å². The fourth-order valence-electron chi connectivity index (χ4n) is 0.989. The highest BCUT2D eigenvalue weighted by Gasteiger charge is 2.00. The first-order valence-corrected chi connectivity index (χ1v) is 4.12. The molecular weight excluding hydrogens is 194 g/mol. The van der Waals surface area contributed by atoms with Gasteiger partial charge in [0.25, 0.3) is 0 Å². The second-order valence-electron chi connectivity index (χ2n) is 2.79. The average molecular weight is 215 g/mol. The third-order valence-corrected chi connectivity index (χ3v) is 1.61. The fraction of sp³-hybridized carbons (Fsp3) is 0.333. The molecule has 1 N–H and O–H groups in total. The number of hydrogen-bond acceptors (Lipinski definition) is 1. The number of rotatable bonds is 4. The van der Waals surface area contributed by atoms with Crippen LogP contribution in [0.5, 0.6) is 0 Å². The van der Waals surface area contributed by atoms with E-state index in [1.165, 1.54) is 0 Å². The molecule has 0 radical (unpaired) electrons. The summed E-state index contributed by atoms with van der Waals surface area (Å²) >= 11 is 0. The molecule has 1 unspecified atom stereocenters. The molecule has 0 aliphatic rings. The quantitative estimate of drug-likeness (QED) is 0.759. The molecule has 0 saturated carbocycles. The molecule has 14 heavy (non-hydrogen) atoms. The summed E-state index contributed by atoms with van der Waals surface area (Å²) < 4.78 is 38.1. The molecule has 0 spiro atoms. The van der Waals surface area contributed by atoms with Crippen LogP contribution in [0.15, 0.2) is 30.2 Å². The van der Waals surface area contributed by atoms with Crippen molar-refractivity contribution in [3.63, 3.8) is 0 Å². The van der Waals surface area contributed by atoms with Gasteiger partial charge in [-0.05, 0) is 18.9 Å². The van der Waals surface area contributed by atoms with E-state index in [-0.39, 0.29) is 48.7 Å². The predicted molar refractivity (Wildman–Crippen MR) is 63.7 cm³/mol. The highest BCUT2D eigenvalue weighted by Crippen LogP contribution is 2.01. The summed E-state index contributed by atoms with van der Waals surface area (Å²) in [5.74, 6) is 2.44. The topological polar surface area (TPSA) is 12.0 Å². The standard InChI is InChI=1S/C12H15N.ClH/c1-3-9-13-11(2)10-12-7-5-4-6-8-12;/h1,4-8,11,13H,9-10H2,2H3;1H/i4D,5D,6D,7D,8D;. The molecule has 76 valence electrons. The monoisotopic (exact) mass is 214 g/mol. The van der Waals surface area contributed by atoms with E-state index >= 15 is 0 Å². The fourth-order valence-corrected chi connectivity index (χ4v) is 0.989. The van der Waals surface area contributed by atoms with Crippen LogP contribution in [0.4, 0.5) is 0 Å². The van der Waals surface area contributed by atoms with Gasteiger partial charge in [-0.25, -0.2) is 0 Å². The molecule has 1 atom stereocenters. The van der Waals surface area contributed by atoms with Gasteiger partial charge >= 0.3 is 0 Å². The molecule has 0 heterocycles. The third-order valence-electron chi connectivity index (χ3n) is 1.61. The zero-order chi connectivity index (χ0) is 13.9. The summed E-state index contributed by atoms with van der Waals surface area (Å²) in [5.41, 5.74) is 0.318. The van der Waals surface area contributed by atoms with Crippen molar-refractivity contribution in [1.29, 1.82) is 0 Å². The van der Waals surface area contributed by atoms with Gasteiger partial charge in [0.05, 0.1) is 13.4 Å². The Morgan fingerprint density at radius 3 is 2.71 bits per heavy atom. The van der Waals surface area contributed by atoms with Crippen molar-refractivity contribution in [2.45, 2.75) is 19.4 Å². The Hall–Kier alpha value is -0.970. The first kappa shape index (κ1) is 6.50. The van der Waals surface area contributed by atoms with Crippen LogP contribution < -0.4 is 5.32 Å². The Bertz CT molecular complexity index is 469. The Morgan fingerprint density at radius 1 is 1.50 bits per heavy atom. The lowest BCUT2D eigenvalue weighted by Crippen LogP contribution is -2.28. The molecule has 0 saturated heterocycles. The molecule has 1 aromatic rings. The van der Waals surface area contributed by atoms with Crippen molar-refractivity contribution < 1.29 is 6.85 Å². The maximum atomic E-state index is 7.77. The van der Waals surface area contributed by atoms with E-state index in [2.05, 4.69) is 11.2 Å². The van der Waals surface area contributed by atoms with Gasteiger partial charge in [-0.3, -0.25) is 0 Å². The first-order chi connectivity index (χ1) is 8.40. The van der Waals surface area contributed by atoms with Gasteiger partial charge in [0.15, 0.2) is 0 Å². The molecular formula is C12H16ClN. The number of terminal acetylenes is 1. The minimum atomic E-state index is -0.363. The number of nitrogens with one attached hydrogen (secondary N) is 1. The van der Waals surface area contributed by atoms with Gasteiger partial charge in [-0.2, -0.15) is 0 Å². The Kier molecular flexibility index (Phi) is 3.45. The zero-order valence-corrected chi connectivity index (χ0v) is 8.79. The van der Waals surface area contributed by atoms with Crippen molar-refractivity contribution >= 4 is 12.4 Å². The molecule has 0 aliphatic heterocycles. The molecule has 1 aromatic carbocycles. The van der Waals surface area contributed by atoms with Gasteiger partial charge in [0.2, 0.25) is 0 Å². The van der Waals surface area contributed by atoms with Crippen molar-refractivity contribution in [2.24, 2.45) is 0 Å². The van der Waals surface area contributed by atoms with Crippen LogP contribution >= 0.6 is 12.4 Å². The van der Waals surface area contributed by atoms with Crippen molar-refractivity contribution in [2.75, 3.05) is 6.54 Å². The smallest absolute Gasteiger partial charge is 0.0626 e. The summed E-state index contributed by atoms with van der Waals surface area (Å²) in [7, 11) is 0. The zero-order valence-electron chi connectivity index (χ0n) is 13.0. The Balaban J connectivity index is 0.00000324. The van der Waals surface area contributed by atoms with E-state index in [1.54, 1.807) is 0 Å². The van der Waals surface area contributed by atoms with Gasteiger partial charge in [0, 0.05) is 6.04 Å². The lowest BCUT2D eigenvalue weighted by molar-refractivity contribution is 0.585. The van der Waals surface area contributed by atoms with Crippen molar-refractivity contribution in [3.05, 3.63) is 35.8 Å². The van der Waals surface area contributed by atoms with Crippen LogP contribution in [0.2, 0.25) is 0 Å². The third kappa shape index (κ3) is 4.91. The SMILES string of the molecule is Cl.[2H]c1c([2H])c([2H])c(CC(C)NCC#C)c([2H])c1[2H]. The first-order valence-electron chi connectivity index (χ1n) is 6.62. The summed E-state index contributed by atoms with van der Waals surface area (Å²) in [5, 5.41) is 3.02. The molecule has 0 amide bonds. The van der Waals surface area contributed by atoms with Crippen LogP contribution in [0.25, 0.3) is 0 Å². The van der Waals surface area contributed by atoms with E-state index in [0.717, 1.165) is 0 Å². The van der Waals surface area contributed by atoms with E-state index in [4.69, 9.17) is 13.3 Å². The highest BCUT2D eigenvalue weighted by molar-refractivity contribution is 5.85. The Labute approximate surface area is 99.3 Å². The summed E-state index contributed by atoms with van der Waals surface area (Å²) in [6, 6.07) is -1.29. The minimum Gasteiger partial charge on any atom is -0.303 e. The van der Waals surface area contributed by atoms with E-state index in [9.17, 15) is 0 Å². The summed E-state index contributed by atoms with van der Waals surface area (Å²) in [6.07, 6.45) is 5.47. The molecule has 0 aliphatic carbocycles. The number of benzene rings is 1. The van der Waals surface area contributed by atoms with Crippen LogP contribution in [0, 0.1) is 12.3 Å². The molecule has 2 heteroatoms. The summed E-state index contributed by atoms with van der Waals surface area (Å²) in [6.45, 7) is 2.25. The molecule has 0 fully saturated rings. The average Bonchev–Trinajstić information content (AvgIpc) is 2.36. The minimum absolute atomic E-state index is 0. The molecule has 0 bridgehead atoms.